The van der Waals surface area contributed by atoms with Gasteiger partial charge in [0.2, 0.25) is 0 Å². The van der Waals surface area contributed by atoms with Gasteiger partial charge in [0.25, 0.3) is 0 Å². The minimum absolute atomic E-state index is 0.376. The second kappa shape index (κ2) is 5.52. The minimum Gasteiger partial charge on any atom is -0.388 e. The van der Waals surface area contributed by atoms with E-state index in [1.807, 2.05) is 18.2 Å². The first-order valence-electron chi connectivity index (χ1n) is 5.82. The van der Waals surface area contributed by atoms with Crippen molar-refractivity contribution in [3.05, 3.63) is 33.3 Å². The molecule has 1 N–H and O–H groups in total. The second-order valence-electron chi connectivity index (χ2n) is 4.49. The van der Waals surface area contributed by atoms with Gasteiger partial charge >= 0.3 is 0 Å². The van der Waals surface area contributed by atoms with Crippen LogP contribution in [-0.4, -0.2) is 5.11 Å². The number of benzene rings is 1. The first kappa shape index (κ1) is 12.4. The Balaban J connectivity index is 2.19. The number of aliphatic hydroxyl groups is 1. The van der Waals surface area contributed by atoms with Crippen molar-refractivity contribution in [2.24, 2.45) is 5.92 Å². The van der Waals surface area contributed by atoms with Crippen LogP contribution in [-0.2, 0) is 0 Å². The second-order valence-corrected chi connectivity index (χ2v) is 5.72. The highest BCUT2D eigenvalue weighted by atomic mass is 79.9. The van der Waals surface area contributed by atoms with E-state index in [0.29, 0.717) is 10.9 Å². The van der Waals surface area contributed by atoms with Crippen LogP contribution >= 0.6 is 27.5 Å². The standard InChI is InChI=1S/C13H16BrClO/c14-11-8-4-7-10(12(11)15)13(16)9-5-2-1-3-6-9/h4,7-9,13,16H,1-3,5-6H2. The summed E-state index contributed by atoms with van der Waals surface area (Å²) in [6, 6.07) is 5.75. The molecule has 0 amide bonds. The Morgan fingerprint density at radius 2 is 1.94 bits per heavy atom. The molecule has 0 bridgehead atoms. The molecule has 3 heteroatoms. The zero-order chi connectivity index (χ0) is 11.5. The van der Waals surface area contributed by atoms with E-state index in [1.54, 1.807) is 0 Å². The molecule has 1 aliphatic rings. The maximum Gasteiger partial charge on any atom is 0.0832 e. The van der Waals surface area contributed by atoms with Crippen LogP contribution in [0.2, 0.25) is 5.02 Å². The molecule has 0 spiro atoms. The number of rotatable bonds is 2. The molecule has 0 aliphatic heterocycles. The van der Waals surface area contributed by atoms with E-state index < -0.39 is 6.10 Å². The van der Waals surface area contributed by atoms with Crippen LogP contribution < -0.4 is 0 Å². The molecule has 0 radical (unpaired) electrons. The Bertz CT molecular complexity index is 361. The smallest absolute Gasteiger partial charge is 0.0832 e. The maximum absolute atomic E-state index is 10.3. The van der Waals surface area contributed by atoms with Gasteiger partial charge in [-0.05, 0) is 40.8 Å². The fraction of sp³-hybridized carbons (Fsp3) is 0.538. The SMILES string of the molecule is OC(c1cccc(Br)c1Cl)C1CCCCC1. The third kappa shape index (κ3) is 2.61. The maximum atomic E-state index is 10.3. The van der Waals surface area contributed by atoms with Crippen molar-refractivity contribution in [1.29, 1.82) is 0 Å². The lowest BCUT2D eigenvalue weighted by Gasteiger charge is -2.27. The number of aliphatic hydroxyl groups excluding tert-OH is 1. The van der Waals surface area contributed by atoms with Crippen molar-refractivity contribution in [2.75, 3.05) is 0 Å². The lowest BCUT2D eigenvalue weighted by molar-refractivity contribution is 0.0849. The Morgan fingerprint density at radius 3 is 2.62 bits per heavy atom. The Kier molecular flexibility index (Phi) is 4.28. The van der Waals surface area contributed by atoms with Crippen LogP contribution in [0.1, 0.15) is 43.8 Å². The van der Waals surface area contributed by atoms with Crippen LogP contribution in [0.3, 0.4) is 0 Å². The average Bonchev–Trinajstić information content (AvgIpc) is 2.33. The van der Waals surface area contributed by atoms with E-state index in [-0.39, 0.29) is 0 Å². The van der Waals surface area contributed by atoms with E-state index in [0.717, 1.165) is 22.9 Å². The lowest BCUT2D eigenvalue weighted by atomic mass is 9.83. The average molecular weight is 304 g/mol. The predicted octanol–water partition coefficient (Wildman–Crippen LogP) is 4.72. The molecule has 0 heterocycles. The summed E-state index contributed by atoms with van der Waals surface area (Å²) in [7, 11) is 0. The summed E-state index contributed by atoms with van der Waals surface area (Å²) < 4.78 is 0.863. The summed E-state index contributed by atoms with van der Waals surface area (Å²) in [5.41, 5.74) is 0.864. The van der Waals surface area contributed by atoms with Crippen molar-refractivity contribution in [3.63, 3.8) is 0 Å². The van der Waals surface area contributed by atoms with Crippen molar-refractivity contribution < 1.29 is 5.11 Å². The van der Waals surface area contributed by atoms with Crippen molar-refractivity contribution in [1.82, 2.24) is 0 Å². The molecule has 1 atom stereocenters. The first-order valence-corrected chi connectivity index (χ1v) is 6.99. The van der Waals surface area contributed by atoms with Gasteiger partial charge in [-0.1, -0.05) is 43.0 Å². The molecule has 1 fully saturated rings. The molecule has 1 saturated carbocycles. The zero-order valence-corrected chi connectivity index (χ0v) is 11.5. The monoisotopic (exact) mass is 302 g/mol. The van der Waals surface area contributed by atoms with Crippen molar-refractivity contribution in [2.45, 2.75) is 38.2 Å². The highest BCUT2D eigenvalue weighted by molar-refractivity contribution is 9.10. The van der Waals surface area contributed by atoms with Crippen molar-refractivity contribution in [3.8, 4) is 0 Å². The summed E-state index contributed by atoms with van der Waals surface area (Å²) in [5.74, 6) is 0.376. The van der Waals surface area contributed by atoms with E-state index in [1.165, 1.54) is 19.3 Å². The molecule has 16 heavy (non-hydrogen) atoms. The zero-order valence-electron chi connectivity index (χ0n) is 9.13. The summed E-state index contributed by atoms with van der Waals surface area (Å²) in [6.45, 7) is 0. The molecule has 0 saturated heterocycles. The van der Waals surface area contributed by atoms with Gasteiger partial charge in [0.1, 0.15) is 0 Å². The number of hydrogen-bond acceptors (Lipinski definition) is 1. The summed E-state index contributed by atoms with van der Waals surface area (Å²) >= 11 is 9.60. The summed E-state index contributed by atoms with van der Waals surface area (Å²) in [4.78, 5) is 0. The van der Waals surface area contributed by atoms with E-state index >= 15 is 0 Å². The van der Waals surface area contributed by atoms with Crippen LogP contribution in [0.4, 0.5) is 0 Å². The van der Waals surface area contributed by atoms with Gasteiger partial charge in [-0.25, -0.2) is 0 Å². The van der Waals surface area contributed by atoms with Crippen LogP contribution in [0.5, 0.6) is 0 Å². The largest absolute Gasteiger partial charge is 0.388 e. The molecule has 0 aromatic heterocycles. The normalized spacial score (nSPS) is 19.7. The fourth-order valence-electron chi connectivity index (χ4n) is 2.45. The summed E-state index contributed by atoms with van der Waals surface area (Å²) in [6.07, 6.45) is 5.58. The number of hydrogen-bond donors (Lipinski definition) is 1. The highest BCUT2D eigenvalue weighted by Gasteiger charge is 2.24. The number of halogens is 2. The van der Waals surface area contributed by atoms with Gasteiger partial charge in [-0.3, -0.25) is 0 Å². The highest BCUT2D eigenvalue weighted by Crippen LogP contribution is 2.38. The minimum atomic E-state index is -0.412. The first-order chi connectivity index (χ1) is 7.70. The van der Waals surface area contributed by atoms with Gasteiger partial charge < -0.3 is 5.11 Å². The molecule has 1 aliphatic carbocycles. The molecule has 1 nitrogen and oxygen atoms in total. The Labute approximate surface area is 110 Å². The van der Waals surface area contributed by atoms with E-state index in [9.17, 15) is 5.11 Å². The topological polar surface area (TPSA) is 20.2 Å². The van der Waals surface area contributed by atoms with Gasteiger partial charge in [0.15, 0.2) is 0 Å². The van der Waals surface area contributed by atoms with E-state index in [4.69, 9.17) is 11.6 Å². The van der Waals surface area contributed by atoms with Gasteiger partial charge in [-0.2, -0.15) is 0 Å². The van der Waals surface area contributed by atoms with E-state index in [2.05, 4.69) is 15.9 Å². The van der Waals surface area contributed by atoms with Gasteiger partial charge in [0.05, 0.1) is 11.1 Å². The van der Waals surface area contributed by atoms with Crippen molar-refractivity contribution >= 4 is 27.5 Å². The van der Waals surface area contributed by atoms with Crippen LogP contribution in [0, 0.1) is 5.92 Å². The molecular formula is C13H16BrClO. The third-order valence-corrected chi connectivity index (χ3v) is 4.71. The summed E-state index contributed by atoms with van der Waals surface area (Å²) in [5, 5.41) is 11.0. The fourth-order valence-corrected chi connectivity index (χ4v) is 3.07. The molecule has 88 valence electrons. The van der Waals surface area contributed by atoms with Crippen LogP contribution in [0.25, 0.3) is 0 Å². The Morgan fingerprint density at radius 1 is 1.25 bits per heavy atom. The molecular weight excluding hydrogens is 287 g/mol. The quantitative estimate of drug-likeness (QED) is 0.838. The predicted molar refractivity (Wildman–Crippen MR) is 70.7 cm³/mol. The molecule has 2 rings (SSSR count). The van der Waals surface area contributed by atoms with Gasteiger partial charge in [0, 0.05) is 10.0 Å². The lowest BCUT2D eigenvalue weighted by Crippen LogP contribution is -2.16. The molecule has 1 unspecified atom stereocenters. The molecule has 1 aromatic rings. The Hall–Kier alpha value is -0.0500. The molecule has 1 aromatic carbocycles. The van der Waals surface area contributed by atoms with Gasteiger partial charge in [-0.15, -0.1) is 0 Å². The third-order valence-electron chi connectivity index (χ3n) is 3.40. The van der Waals surface area contributed by atoms with Crippen LogP contribution in [0.15, 0.2) is 22.7 Å².